The Morgan fingerprint density at radius 2 is 2.05 bits per heavy atom. The molecule has 2 unspecified atom stereocenters. The third-order valence-electron chi connectivity index (χ3n) is 4.08. The predicted molar refractivity (Wildman–Crippen MR) is 75.3 cm³/mol. The van der Waals surface area contributed by atoms with Gasteiger partial charge in [0.1, 0.15) is 0 Å². The zero-order chi connectivity index (χ0) is 15.0. The van der Waals surface area contributed by atoms with Crippen molar-refractivity contribution >= 4 is 16.8 Å². The number of aromatic nitrogens is 1. The van der Waals surface area contributed by atoms with Crippen molar-refractivity contribution in [1.29, 1.82) is 0 Å². The van der Waals surface area contributed by atoms with Gasteiger partial charge < -0.3 is 9.52 Å². The lowest BCUT2D eigenvalue weighted by atomic mass is 10.1. The van der Waals surface area contributed by atoms with Crippen molar-refractivity contribution in [3.63, 3.8) is 0 Å². The van der Waals surface area contributed by atoms with E-state index in [4.69, 9.17) is 4.42 Å². The fourth-order valence-corrected chi connectivity index (χ4v) is 3.02. The highest BCUT2D eigenvalue weighted by Gasteiger charge is 2.27. The minimum atomic E-state index is -0.634. The molecule has 0 aliphatic heterocycles. The van der Waals surface area contributed by atoms with Crippen LogP contribution in [0.1, 0.15) is 38.1 Å². The molecule has 1 saturated carbocycles. The first-order chi connectivity index (χ1) is 10.1. The molecule has 3 rings (SSSR count). The van der Waals surface area contributed by atoms with Crippen molar-refractivity contribution < 1.29 is 14.4 Å². The smallest absolute Gasteiger partial charge is 0.408 e. The third kappa shape index (κ3) is 2.44. The summed E-state index contributed by atoms with van der Waals surface area (Å²) in [6.07, 6.45) is 3.50. The zero-order valence-corrected chi connectivity index (χ0v) is 11.4. The number of hydrogen-bond acceptors (Lipinski definition) is 5. The van der Waals surface area contributed by atoms with Gasteiger partial charge in [0.15, 0.2) is 5.58 Å². The van der Waals surface area contributed by atoms with E-state index in [1.807, 2.05) is 0 Å². The monoisotopic (exact) mass is 292 g/mol. The van der Waals surface area contributed by atoms with Crippen LogP contribution in [0, 0.1) is 10.1 Å². The van der Waals surface area contributed by atoms with Crippen LogP contribution in [-0.2, 0) is 0 Å². The van der Waals surface area contributed by atoms with E-state index in [0.717, 1.165) is 19.3 Å². The molecule has 1 fully saturated rings. The van der Waals surface area contributed by atoms with Crippen LogP contribution in [0.15, 0.2) is 27.4 Å². The molecule has 7 heteroatoms. The summed E-state index contributed by atoms with van der Waals surface area (Å²) in [5.74, 6) is -0.573. The molecule has 0 radical (unpaired) electrons. The van der Waals surface area contributed by atoms with E-state index in [2.05, 4.69) is 0 Å². The second kappa shape index (κ2) is 5.33. The van der Waals surface area contributed by atoms with Crippen LogP contribution in [0.4, 0.5) is 5.69 Å². The minimum Gasteiger partial charge on any atom is -0.408 e. The van der Waals surface area contributed by atoms with Gasteiger partial charge in [-0.3, -0.25) is 14.7 Å². The van der Waals surface area contributed by atoms with Crippen LogP contribution in [0.5, 0.6) is 0 Å². The fraction of sp³-hybridized carbons (Fsp3) is 0.500. The van der Waals surface area contributed by atoms with Crippen molar-refractivity contribution in [2.75, 3.05) is 0 Å². The topological polar surface area (TPSA) is 98.5 Å². The third-order valence-corrected chi connectivity index (χ3v) is 4.08. The number of aliphatic hydroxyl groups excluding tert-OH is 1. The largest absolute Gasteiger partial charge is 0.420 e. The lowest BCUT2D eigenvalue weighted by Gasteiger charge is -2.21. The molecule has 0 saturated heterocycles. The van der Waals surface area contributed by atoms with E-state index in [1.165, 1.54) is 22.8 Å². The van der Waals surface area contributed by atoms with E-state index < -0.39 is 16.8 Å². The molecule has 112 valence electrons. The number of hydrogen-bond donors (Lipinski definition) is 1. The molecule has 0 spiro atoms. The highest BCUT2D eigenvalue weighted by molar-refractivity contribution is 5.76. The molecule has 7 nitrogen and oxygen atoms in total. The molecule has 1 aromatic carbocycles. The molecule has 1 aromatic heterocycles. The van der Waals surface area contributed by atoms with Gasteiger partial charge in [0.25, 0.3) is 5.69 Å². The molecule has 1 heterocycles. The Hall–Kier alpha value is -2.15. The SMILES string of the molecule is O=c1oc2ccc([N+](=O)[O-])cc2n1C1CCCCCC1O. The molecule has 1 aliphatic rings. The lowest BCUT2D eigenvalue weighted by molar-refractivity contribution is -0.384. The van der Waals surface area contributed by atoms with Crippen molar-refractivity contribution in [3.8, 4) is 0 Å². The number of nitro groups is 1. The normalized spacial score (nSPS) is 23.1. The van der Waals surface area contributed by atoms with Crippen LogP contribution in [-0.4, -0.2) is 20.7 Å². The molecule has 2 atom stereocenters. The van der Waals surface area contributed by atoms with Crippen LogP contribution in [0.25, 0.3) is 11.1 Å². The highest BCUT2D eigenvalue weighted by atomic mass is 16.6. The maximum Gasteiger partial charge on any atom is 0.420 e. The Morgan fingerprint density at radius 3 is 2.81 bits per heavy atom. The molecule has 1 N–H and O–H groups in total. The van der Waals surface area contributed by atoms with Crippen LogP contribution < -0.4 is 5.76 Å². The van der Waals surface area contributed by atoms with E-state index in [1.54, 1.807) is 0 Å². The fourth-order valence-electron chi connectivity index (χ4n) is 3.02. The number of nitrogens with zero attached hydrogens (tertiary/aromatic N) is 2. The first-order valence-electron chi connectivity index (χ1n) is 7.05. The van der Waals surface area contributed by atoms with Gasteiger partial charge in [0.05, 0.1) is 22.6 Å². The molecular formula is C14H16N2O5. The van der Waals surface area contributed by atoms with Gasteiger partial charge in [-0.05, 0) is 18.9 Å². The van der Waals surface area contributed by atoms with Gasteiger partial charge in [0, 0.05) is 12.1 Å². The molecule has 0 amide bonds. The van der Waals surface area contributed by atoms with Gasteiger partial charge in [-0.15, -0.1) is 0 Å². The first-order valence-corrected chi connectivity index (χ1v) is 7.05. The van der Waals surface area contributed by atoms with Crippen molar-refractivity contribution in [2.45, 2.75) is 44.2 Å². The molecule has 1 aliphatic carbocycles. The summed E-state index contributed by atoms with van der Waals surface area (Å²) in [6, 6.07) is 3.68. The van der Waals surface area contributed by atoms with Gasteiger partial charge in [-0.1, -0.05) is 19.3 Å². The number of fused-ring (bicyclic) bond motifs is 1. The van der Waals surface area contributed by atoms with E-state index in [-0.39, 0.29) is 11.7 Å². The van der Waals surface area contributed by atoms with Crippen molar-refractivity contribution in [3.05, 3.63) is 38.9 Å². The molecule has 21 heavy (non-hydrogen) atoms. The zero-order valence-electron chi connectivity index (χ0n) is 11.4. The van der Waals surface area contributed by atoms with Gasteiger partial charge in [0.2, 0.25) is 0 Å². The number of rotatable bonds is 2. The van der Waals surface area contributed by atoms with Gasteiger partial charge in [-0.25, -0.2) is 4.79 Å². The Kier molecular flexibility index (Phi) is 3.50. The summed E-state index contributed by atoms with van der Waals surface area (Å²) < 4.78 is 6.52. The quantitative estimate of drug-likeness (QED) is 0.520. The summed E-state index contributed by atoms with van der Waals surface area (Å²) in [5, 5.41) is 21.1. The summed E-state index contributed by atoms with van der Waals surface area (Å²) in [7, 11) is 0. The minimum absolute atomic E-state index is 0.0971. The van der Waals surface area contributed by atoms with Crippen molar-refractivity contribution in [2.24, 2.45) is 0 Å². The van der Waals surface area contributed by atoms with Gasteiger partial charge in [-0.2, -0.15) is 0 Å². The summed E-state index contributed by atoms with van der Waals surface area (Å²) >= 11 is 0. The van der Waals surface area contributed by atoms with E-state index in [9.17, 15) is 20.0 Å². The van der Waals surface area contributed by atoms with Crippen LogP contribution >= 0.6 is 0 Å². The summed E-state index contributed by atoms with van der Waals surface area (Å²) in [4.78, 5) is 22.5. The average molecular weight is 292 g/mol. The maximum atomic E-state index is 12.1. The Labute approximate surface area is 119 Å². The first kappa shape index (κ1) is 13.8. The van der Waals surface area contributed by atoms with E-state index in [0.29, 0.717) is 23.9 Å². The summed E-state index contributed by atoms with van der Waals surface area (Å²) in [5.41, 5.74) is 0.586. The lowest BCUT2D eigenvalue weighted by Crippen LogP contribution is -2.29. The average Bonchev–Trinajstić information content (AvgIpc) is 2.62. The number of nitro benzene ring substituents is 1. The Morgan fingerprint density at radius 1 is 1.29 bits per heavy atom. The van der Waals surface area contributed by atoms with E-state index >= 15 is 0 Å². The number of non-ortho nitro benzene ring substituents is 1. The second-order valence-corrected chi connectivity index (χ2v) is 5.42. The predicted octanol–water partition coefficient (Wildman–Crippen LogP) is 2.37. The highest BCUT2D eigenvalue weighted by Crippen LogP contribution is 2.30. The van der Waals surface area contributed by atoms with Crippen LogP contribution in [0.2, 0.25) is 0 Å². The Bertz CT molecular complexity index is 733. The molecule has 0 bridgehead atoms. The maximum absolute atomic E-state index is 12.1. The van der Waals surface area contributed by atoms with Crippen LogP contribution in [0.3, 0.4) is 0 Å². The number of oxazole rings is 1. The standard InChI is InChI=1S/C14H16N2O5/c17-12-5-3-1-2-4-10(12)15-11-8-9(16(19)20)6-7-13(11)21-14(15)18/h6-8,10,12,17H,1-5H2. The summed E-state index contributed by atoms with van der Waals surface area (Å²) in [6.45, 7) is 0. The van der Waals surface area contributed by atoms with Crippen molar-refractivity contribution in [1.82, 2.24) is 4.57 Å². The second-order valence-electron chi connectivity index (χ2n) is 5.42. The Balaban J connectivity index is 2.15. The molecular weight excluding hydrogens is 276 g/mol. The van der Waals surface area contributed by atoms with Gasteiger partial charge >= 0.3 is 5.76 Å². The number of aliphatic hydroxyl groups is 1. The molecule has 2 aromatic rings. The number of benzene rings is 1.